The van der Waals surface area contributed by atoms with Crippen molar-refractivity contribution in [1.82, 2.24) is 0 Å². The smallest absolute Gasteiger partial charge is 0.417 e. The van der Waals surface area contributed by atoms with Crippen molar-refractivity contribution < 1.29 is 57.4 Å². The SMILES string of the molecule is FC(F)=C(OC(F)(F)C(F)(F)C(F)(F)F)C(F)(F)F. The lowest BCUT2D eigenvalue weighted by Crippen LogP contribution is -2.53. The van der Waals surface area contributed by atoms with Gasteiger partial charge in [-0.2, -0.15) is 52.7 Å². The Morgan fingerprint density at radius 2 is 1.05 bits per heavy atom. The first-order valence-corrected chi connectivity index (χ1v) is 3.68. The first-order valence-electron chi connectivity index (χ1n) is 3.68. The molecule has 0 bridgehead atoms. The molecule has 0 N–H and O–H groups in total. The summed E-state index contributed by atoms with van der Waals surface area (Å²) in [6.07, 6.45) is -24.3. The van der Waals surface area contributed by atoms with E-state index in [2.05, 4.69) is 0 Å². The van der Waals surface area contributed by atoms with Crippen molar-refractivity contribution in [1.29, 1.82) is 0 Å². The zero-order valence-corrected chi connectivity index (χ0v) is 7.94. The molecule has 0 aromatic heterocycles. The van der Waals surface area contributed by atoms with Crippen LogP contribution in [0.15, 0.2) is 11.8 Å². The highest BCUT2D eigenvalue weighted by molar-refractivity contribution is 5.03. The molecule has 13 heteroatoms. The quantitative estimate of drug-likeness (QED) is 0.552. The van der Waals surface area contributed by atoms with Gasteiger partial charge in [-0.25, -0.2) is 0 Å². The van der Waals surface area contributed by atoms with Crippen LogP contribution in [0.5, 0.6) is 0 Å². The summed E-state index contributed by atoms with van der Waals surface area (Å²) in [7, 11) is 0. The van der Waals surface area contributed by atoms with Gasteiger partial charge < -0.3 is 4.74 Å². The number of allylic oxidation sites excluding steroid dienone is 1. The van der Waals surface area contributed by atoms with Crippen LogP contribution in [0.25, 0.3) is 0 Å². The zero-order chi connectivity index (χ0) is 15.9. The van der Waals surface area contributed by atoms with Crippen LogP contribution in [0.2, 0.25) is 0 Å². The predicted molar refractivity (Wildman–Crippen MR) is 32.3 cm³/mol. The highest BCUT2D eigenvalue weighted by Gasteiger charge is 2.76. The summed E-state index contributed by atoms with van der Waals surface area (Å²) in [5, 5.41) is 0. The molecule has 0 saturated carbocycles. The van der Waals surface area contributed by atoms with Gasteiger partial charge in [0, 0.05) is 0 Å². The number of ether oxygens (including phenoxy) is 1. The second-order valence-electron chi connectivity index (χ2n) is 2.78. The van der Waals surface area contributed by atoms with Crippen molar-refractivity contribution in [3.63, 3.8) is 0 Å². The Morgan fingerprint density at radius 3 is 1.26 bits per heavy atom. The van der Waals surface area contributed by atoms with Crippen LogP contribution in [0.4, 0.5) is 52.7 Å². The van der Waals surface area contributed by atoms with Gasteiger partial charge in [0.05, 0.1) is 0 Å². The van der Waals surface area contributed by atoms with Gasteiger partial charge in [0.2, 0.25) is 0 Å². The Balaban J connectivity index is 5.56. The topological polar surface area (TPSA) is 9.23 Å². The number of hydrogen-bond acceptors (Lipinski definition) is 1. The number of halogens is 12. The molecule has 0 aromatic carbocycles. The second kappa shape index (κ2) is 4.67. The van der Waals surface area contributed by atoms with Crippen LogP contribution in [0, 0.1) is 0 Å². The molecule has 0 aromatic rings. The molecule has 0 radical (unpaired) electrons. The molecule has 0 atom stereocenters. The molecule has 0 aliphatic heterocycles. The van der Waals surface area contributed by atoms with Crippen molar-refractivity contribution in [3.05, 3.63) is 11.8 Å². The van der Waals surface area contributed by atoms with Gasteiger partial charge in [0.25, 0.3) is 5.76 Å². The van der Waals surface area contributed by atoms with Crippen LogP contribution >= 0.6 is 0 Å². The molecule has 114 valence electrons. The first-order chi connectivity index (χ1) is 8.04. The Labute approximate surface area is 95.0 Å². The van der Waals surface area contributed by atoms with Gasteiger partial charge in [-0.05, 0) is 0 Å². The molecular weight excluding hydrogens is 316 g/mol. The Bertz CT molecular complexity index is 355. The van der Waals surface area contributed by atoms with Crippen LogP contribution in [-0.2, 0) is 4.74 Å². The molecule has 1 nitrogen and oxygen atoms in total. The summed E-state index contributed by atoms with van der Waals surface area (Å²) in [5.74, 6) is -11.0. The third-order valence-corrected chi connectivity index (χ3v) is 1.38. The fourth-order valence-corrected chi connectivity index (χ4v) is 0.561. The highest BCUT2D eigenvalue weighted by atomic mass is 19.4. The molecular formula is C6F12O. The third-order valence-electron chi connectivity index (χ3n) is 1.38. The van der Waals surface area contributed by atoms with E-state index in [1.807, 2.05) is 4.74 Å². The summed E-state index contributed by atoms with van der Waals surface area (Å²) in [4.78, 5) is 0. The van der Waals surface area contributed by atoms with Crippen molar-refractivity contribution in [2.45, 2.75) is 24.4 Å². The van der Waals surface area contributed by atoms with E-state index in [-0.39, 0.29) is 0 Å². The third kappa shape index (κ3) is 3.59. The van der Waals surface area contributed by atoms with Crippen molar-refractivity contribution in [3.8, 4) is 0 Å². The summed E-state index contributed by atoms with van der Waals surface area (Å²) >= 11 is 0. The van der Waals surface area contributed by atoms with Gasteiger partial charge in [0.1, 0.15) is 0 Å². The number of alkyl halides is 10. The molecule has 0 rings (SSSR count). The van der Waals surface area contributed by atoms with E-state index < -0.39 is 36.2 Å². The molecule has 0 fully saturated rings. The average Bonchev–Trinajstić information content (AvgIpc) is 2.09. The lowest BCUT2D eigenvalue weighted by Gasteiger charge is -2.28. The lowest BCUT2D eigenvalue weighted by atomic mass is 10.3. The van der Waals surface area contributed by atoms with Crippen molar-refractivity contribution in [2.75, 3.05) is 0 Å². The van der Waals surface area contributed by atoms with Gasteiger partial charge in [-0.15, -0.1) is 0 Å². The number of hydrogen-bond donors (Lipinski definition) is 0. The van der Waals surface area contributed by atoms with E-state index in [0.29, 0.717) is 0 Å². The van der Waals surface area contributed by atoms with Crippen molar-refractivity contribution >= 4 is 0 Å². The fraction of sp³-hybridized carbons (Fsp3) is 0.667. The maximum Gasteiger partial charge on any atom is 0.474 e. The van der Waals surface area contributed by atoms with Gasteiger partial charge >= 0.3 is 30.5 Å². The molecule has 0 spiro atoms. The van der Waals surface area contributed by atoms with E-state index >= 15 is 0 Å². The molecule has 0 unspecified atom stereocenters. The predicted octanol–water partition coefficient (Wildman–Crippen LogP) is 4.46. The molecule has 0 saturated heterocycles. The average molecular weight is 316 g/mol. The first kappa shape index (κ1) is 17.7. The summed E-state index contributed by atoms with van der Waals surface area (Å²) < 4.78 is 143. The second-order valence-corrected chi connectivity index (χ2v) is 2.78. The fourth-order valence-electron chi connectivity index (χ4n) is 0.561. The molecule has 19 heavy (non-hydrogen) atoms. The van der Waals surface area contributed by atoms with Crippen LogP contribution in [0.1, 0.15) is 0 Å². The van der Waals surface area contributed by atoms with E-state index in [9.17, 15) is 52.7 Å². The van der Waals surface area contributed by atoms with E-state index in [1.165, 1.54) is 0 Å². The zero-order valence-electron chi connectivity index (χ0n) is 7.94. The van der Waals surface area contributed by atoms with E-state index in [1.54, 1.807) is 0 Å². The van der Waals surface area contributed by atoms with Gasteiger partial charge in [-0.3, -0.25) is 0 Å². The van der Waals surface area contributed by atoms with Crippen LogP contribution in [-0.4, -0.2) is 24.4 Å². The van der Waals surface area contributed by atoms with Crippen molar-refractivity contribution in [2.24, 2.45) is 0 Å². The number of rotatable bonds is 3. The summed E-state index contributed by atoms with van der Waals surface area (Å²) in [5.41, 5.74) is 0. The minimum Gasteiger partial charge on any atom is -0.417 e. The summed E-state index contributed by atoms with van der Waals surface area (Å²) in [6.45, 7) is 0. The minimum atomic E-state index is -7.11. The molecule has 0 amide bonds. The van der Waals surface area contributed by atoms with Gasteiger partial charge in [0.15, 0.2) is 0 Å². The summed E-state index contributed by atoms with van der Waals surface area (Å²) in [6, 6.07) is 0. The Kier molecular flexibility index (Phi) is 4.35. The molecule has 0 aliphatic carbocycles. The van der Waals surface area contributed by atoms with E-state index in [0.717, 1.165) is 0 Å². The van der Waals surface area contributed by atoms with E-state index in [4.69, 9.17) is 0 Å². The van der Waals surface area contributed by atoms with Crippen LogP contribution < -0.4 is 0 Å². The molecule has 0 heterocycles. The lowest BCUT2D eigenvalue weighted by molar-refractivity contribution is -0.422. The highest BCUT2D eigenvalue weighted by Crippen LogP contribution is 2.49. The van der Waals surface area contributed by atoms with Gasteiger partial charge in [-0.1, -0.05) is 0 Å². The normalized spacial score (nSPS) is 14.3. The van der Waals surface area contributed by atoms with Crippen LogP contribution in [0.3, 0.4) is 0 Å². The largest absolute Gasteiger partial charge is 0.474 e. The Hall–Kier alpha value is -1.30. The molecule has 0 aliphatic rings. The Morgan fingerprint density at radius 1 is 0.684 bits per heavy atom. The maximum absolute atomic E-state index is 12.3. The minimum absolute atomic E-state index is 1.86. The standard InChI is InChI=1S/C6F12O/c7-2(8)1(3(9,10)11)19-6(17,18)4(12,13)5(14,15)16. The monoisotopic (exact) mass is 316 g/mol. The maximum atomic E-state index is 12.3.